The lowest BCUT2D eigenvalue weighted by Gasteiger charge is -2.34. The van der Waals surface area contributed by atoms with Gasteiger partial charge in [-0.1, -0.05) is 30.3 Å². The molecule has 3 rings (SSSR count). The lowest BCUT2D eigenvalue weighted by molar-refractivity contribution is 0.0905. The average molecular weight is 533 g/mol. The van der Waals surface area contributed by atoms with E-state index in [4.69, 9.17) is 0 Å². The third-order valence-electron chi connectivity index (χ3n) is 5.37. The van der Waals surface area contributed by atoms with Crippen molar-refractivity contribution in [3.05, 3.63) is 63.6 Å². The second kappa shape index (κ2) is 10.5. The second-order valence-corrected chi connectivity index (χ2v) is 10.8. The number of carbonyl (C=O) groups is 2. The Balaban J connectivity index is 1.78. The fraction of sp³-hybridized carbons (Fsp3) is 0.375. The van der Waals surface area contributed by atoms with Gasteiger partial charge < -0.3 is 15.3 Å². The number of thiophene rings is 1. The number of aryl methyl sites for hydroxylation is 1. The summed E-state index contributed by atoms with van der Waals surface area (Å²) in [6.07, 6.45) is 1.88. The molecule has 2 amide bonds. The largest absolute Gasteiger partial charge is 0.465 e. The molecule has 0 saturated carbocycles. The van der Waals surface area contributed by atoms with Crippen LogP contribution in [0.5, 0.6) is 0 Å². The van der Waals surface area contributed by atoms with Crippen molar-refractivity contribution in [2.75, 3.05) is 6.54 Å². The van der Waals surface area contributed by atoms with Crippen molar-refractivity contribution < 1.29 is 14.7 Å². The zero-order chi connectivity index (χ0) is 24.2. The first-order valence-corrected chi connectivity index (χ1v) is 12.3. The SMILES string of the molecule is Cn1nccc1-c1sc(C(=O)NC(CCN(C(=O)O)C(C)(C)C)Cc2ccccc2)cc1Br. The van der Waals surface area contributed by atoms with Crippen LogP contribution in [0.2, 0.25) is 0 Å². The van der Waals surface area contributed by atoms with Gasteiger partial charge in [0, 0.05) is 35.8 Å². The third kappa shape index (κ3) is 6.45. The molecule has 0 fully saturated rings. The number of amides is 2. The van der Waals surface area contributed by atoms with E-state index in [9.17, 15) is 14.7 Å². The van der Waals surface area contributed by atoms with Crippen LogP contribution in [0.15, 0.2) is 53.1 Å². The van der Waals surface area contributed by atoms with Crippen LogP contribution in [-0.2, 0) is 13.5 Å². The number of nitrogens with one attached hydrogen (secondary N) is 1. The first-order valence-electron chi connectivity index (χ1n) is 10.7. The van der Waals surface area contributed by atoms with E-state index in [-0.39, 0.29) is 11.9 Å². The molecule has 0 aliphatic heterocycles. The summed E-state index contributed by atoms with van der Waals surface area (Å²) in [7, 11) is 1.86. The van der Waals surface area contributed by atoms with E-state index in [2.05, 4.69) is 26.3 Å². The smallest absolute Gasteiger partial charge is 0.407 e. The monoisotopic (exact) mass is 532 g/mol. The maximum absolute atomic E-state index is 13.2. The Kier molecular flexibility index (Phi) is 7.97. The minimum atomic E-state index is -0.963. The van der Waals surface area contributed by atoms with Crippen LogP contribution in [0, 0.1) is 0 Å². The highest BCUT2D eigenvalue weighted by Gasteiger charge is 2.27. The lowest BCUT2D eigenvalue weighted by Crippen LogP contribution is -2.47. The molecular weight excluding hydrogens is 504 g/mol. The van der Waals surface area contributed by atoms with Gasteiger partial charge in [0.1, 0.15) is 0 Å². The predicted octanol–water partition coefficient (Wildman–Crippen LogP) is 5.42. The number of hydrogen-bond acceptors (Lipinski definition) is 4. The van der Waals surface area contributed by atoms with Crippen LogP contribution >= 0.6 is 27.3 Å². The summed E-state index contributed by atoms with van der Waals surface area (Å²) >= 11 is 4.96. The highest BCUT2D eigenvalue weighted by molar-refractivity contribution is 9.10. The molecule has 9 heteroatoms. The molecule has 0 bridgehead atoms. The normalized spacial score (nSPS) is 12.4. The van der Waals surface area contributed by atoms with E-state index < -0.39 is 11.6 Å². The molecule has 2 aromatic heterocycles. The summed E-state index contributed by atoms with van der Waals surface area (Å²) in [5, 5.41) is 17.0. The first kappa shape index (κ1) is 25.0. The number of aromatic nitrogens is 2. The molecule has 33 heavy (non-hydrogen) atoms. The summed E-state index contributed by atoms with van der Waals surface area (Å²) in [6.45, 7) is 5.93. The molecule has 2 heterocycles. The minimum Gasteiger partial charge on any atom is -0.465 e. The molecule has 1 atom stereocenters. The Hall–Kier alpha value is -2.65. The zero-order valence-corrected chi connectivity index (χ0v) is 21.6. The number of nitrogens with zero attached hydrogens (tertiary/aromatic N) is 3. The molecule has 1 unspecified atom stereocenters. The number of hydrogen-bond donors (Lipinski definition) is 2. The summed E-state index contributed by atoms with van der Waals surface area (Å²) in [6, 6.07) is 13.4. The van der Waals surface area contributed by atoms with Crippen molar-refractivity contribution in [2.45, 2.75) is 45.2 Å². The maximum Gasteiger partial charge on any atom is 0.407 e. The second-order valence-electron chi connectivity index (χ2n) is 8.88. The summed E-state index contributed by atoms with van der Waals surface area (Å²) in [5.41, 5.74) is 1.49. The standard InChI is InChI=1S/C24H29BrN4O3S/c1-24(2,3)29(23(31)32)13-11-17(14-16-8-6-5-7-9-16)27-22(30)20-15-18(25)21(33-20)19-10-12-26-28(19)4/h5-10,12,15,17H,11,13-14H2,1-4H3,(H,27,30)(H,31,32). The molecule has 0 aliphatic rings. The van der Waals surface area contributed by atoms with Gasteiger partial charge in [-0.15, -0.1) is 11.3 Å². The van der Waals surface area contributed by atoms with Gasteiger partial charge in [-0.2, -0.15) is 5.10 Å². The number of halogens is 1. The first-order chi connectivity index (χ1) is 15.6. The van der Waals surface area contributed by atoms with Crippen LogP contribution < -0.4 is 5.32 Å². The van der Waals surface area contributed by atoms with Gasteiger partial charge in [0.2, 0.25) is 0 Å². The fourth-order valence-electron chi connectivity index (χ4n) is 3.64. The third-order valence-corrected chi connectivity index (χ3v) is 7.41. The van der Waals surface area contributed by atoms with Crippen LogP contribution in [0.25, 0.3) is 10.6 Å². The Bertz CT molecular complexity index is 1100. The number of carboxylic acid groups (broad SMARTS) is 1. The number of benzene rings is 1. The molecule has 176 valence electrons. The Morgan fingerprint density at radius 2 is 1.94 bits per heavy atom. The van der Waals surface area contributed by atoms with Crippen molar-refractivity contribution in [1.29, 1.82) is 0 Å². The van der Waals surface area contributed by atoms with Crippen molar-refractivity contribution >= 4 is 39.3 Å². The van der Waals surface area contributed by atoms with E-state index in [1.807, 2.05) is 70.3 Å². The Labute approximate surface area is 206 Å². The highest BCUT2D eigenvalue weighted by atomic mass is 79.9. The summed E-state index contributed by atoms with van der Waals surface area (Å²) in [4.78, 5) is 27.9. The van der Waals surface area contributed by atoms with Gasteiger partial charge in [0.05, 0.1) is 15.4 Å². The molecule has 0 saturated heterocycles. The van der Waals surface area contributed by atoms with E-state index in [0.29, 0.717) is 24.3 Å². The van der Waals surface area contributed by atoms with Gasteiger partial charge in [-0.25, -0.2) is 4.79 Å². The molecular formula is C24H29BrN4O3S. The van der Waals surface area contributed by atoms with Crippen LogP contribution in [0.3, 0.4) is 0 Å². The van der Waals surface area contributed by atoms with Crippen molar-refractivity contribution in [1.82, 2.24) is 20.0 Å². The van der Waals surface area contributed by atoms with E-state index >= 15 is 0 Å². The van der Waals surface area contributed by atoms with E-state index in [1.54, 1.807) is 10.9 Å². The molecule has 3 aromatic rings. The number of rotatable bonds is 8. The predicted molar refractivity (Wildman–Crippen MR) is 135 cm³/mol. The van der Waals surface area contributed by atoms with E-state index in [0.717, 1.165) is 20.6 Å². The summed E-state index contributed by atoms with van der Waals surface area (Å²) in [5.74, 6) is -0.173. The molecule has 7 nitrogen and oxygen atoms in total. The summed E-state index contributed by atoms with van der Waals surface area (Å²) < 4.78 is 2.61. The molecule has 0 radical (unpaired) electrons. The molecule has 2 N–H and O–H groups in total. The Morgan fingerprint density at radius 3 is 2.52 bits per heavy atom. The van der Waals surface area contributed by atoms with Crippen LogP contribution in [0.4, 0.5) is 4.79 Å². The van der Waals surface area contributed by atoms with Gasteiger partial charge in [0.15, 0.2) is 0 Å². The van der Waals surface area contributed by atoms with Gasteiger partial charge in [-0.05, 0) is 67.2 Å². The molecule has 0 spiro atoms. The van der Waals surface area contributed by atoms with Crippen molar-refractivity contribution in [3.8, 4) is 10.6 Å². The lowest BCUT2D eigenvalue weighted by atomic mass is 10.0. The molecule has 0 aliphatic carbocycles. The fourth-order valence-corrected chi connectivity index (χ4v) is 5.47. The average Bonchev–Trinajstić information content (AvgIpc) is 3.32. The number of carbonyl (C=O) groups excluding carboxylic acids is 1. The van der Waals surface area contributed by atoms with E-state index in [1.165, 1.54) is 16.2 Å². The topological polar surface area (TPSA) is 87.5 Å². The van der Waals surface area contributed by atoms with Crippen molar-refractivity contribution in [3.63, 3.8) is 0 Å². The van der Waals surface area contributed by atoms with Crippen LogP contribution in [0.1, 0.15) is 42.4 Å². The Morgan fingerprint density at radius 1 is 1.24 bits per heavy atom. The highest BCUT2D eigenvalue weighted by Crippen LogP contribution is 2.36. The quantitative estimate of drug-likeness (QED) is 0.405. The minimum absolute atomic E-state index is 0.173. The maximum atomic E-state index is 13.2. The van der Waals surface area contributed by atoms with Crippen LogP contribution in [-0.4, -0.2) is 49.9 Å². The zero-order valence-electron chi connectivity index (χ0n) is 19.2. The molecule has 1 aromatic carbocycles. The van der Waals surface area contributed by atoms with Crippen molar-refractivity contribution in [2.24, 2.45) is 7.05 Å². The van der Waals surface area contributed by atoms with Gasteiger partial charge in [-0.3, -0.25) is 9.48 Å². The van der Waals surface area contributed by atoms with Gasteiger partial charge >= 0.3 is 6.09 Å². The van der Waals surface area contributed by atoms with Gasteiger partial charge in [0.25, 0.3) is 5.91 Å².